The van der Waals surface area contributed by atoms with Crippen LogP contribution in [0.3, 0.4) is 0 Å². The van der Waals surface area contributed by atoms with Crippen molar-refractivity contribution in [2.75, 3.05) is 6.54 Å². The van der Waals surface area contributed by atoms with Gasteiger partial charge in [-0.15, -0.1) is 0 Å². The van der Waals surface area contributed by atoms with Crippen LogP contribution in [0.4, 0.5) is 0 Å². The second-order valence-corrected chi connectivity index (χ2v) is 5.63. The van der Waals surface area contributed by atoms with E-state index in [1.807, 2.05) is 13.8 Å². The van der Waals surface area contributed by atoms with E-state index in [4.69, 9.17) is 10.2 Å². The molecule has 0 fully saturated rings. The van der Waals surface area contributed by atoms with Crippen molar-refractivity contribution in [1.29, 1.82) is 0 Å². The fraction of sp³-hybridized carbons (Fsp3) is 0.833. The van der Waals surface area contributed by atoms with Crippen LogP contribution in [0.25, 0.3) is 0 Å². The highest BCUT2D eigenvalue weighted by molar-refractivity contribution is 5.80. The van der Waals surface area contributed by atoms with Gasteiger partial charge >= 0.3 is 11.9 Å². The third-order valence-corrected chi connectivity index (χ3v) is 2.46. The van der Waals surface area contributed by atoms with Crippen molar-refractivity contribution in [3.8, 4) is 0 Å². The summed E-state index contributed by atoms with van der Waals surface area (Å²) in [6.07, 6.45) is 0.562. The van der Waals surface area contributed by atoms with E-state index in [-0.39, 0.29) is 5.41 Å². The summed E-state index contributed by atoms with van der Waals surface area (Å²) in [6, 6.07) is -1.01. The van der Waals surface area contributed by atoms with Crippen molar-refractivity contribution in [1.82, 2.24) is 5.32 Å². The Kier molecular flexibility index (Phi) is 6.16. The molecule has 0 aromatic carbocycles. The lowest BCUT2D eigenvalue weighted by Gasteiger charge is -2.28. The van der Waals surface area contributed by atoms with Gasteiger partial charge in [-0.25, -0.2) is 0 Å². The van der Waals surface area contributed by atoms with Gasteiger partial charge in [0.15, 0.2) is 0 Å². The summed E-state index contributed by atoms with van der Waals surface area (Å²) in [4.78, 5) is 21.4. The fourth-order valence-corrected chi connectivity index (χ4v) is 2.00. The van der Waals surface area contributed by atoms with Crippen molar-refractivity contribution in [3.63, 3.8) is 0 Å². The Balaban J connectivity index is 4.29. The average molecular weight is 245 g/mol. The fourth-order valence-electron chi connectivity index (χ4n) is 2.00. The number of hydrogen-bond donors (Lipinski definition) is 3. The van der Waals surface area contributed by atoms with Gasteiger partial charge in [0.05, 0.1) is 6.42 Å². The highest BCUT2D eigenvalue weighted by Crippen LogP contribution is 2.24. The van der Waals surface area contributed by atoms with Gasteiger partial charge in [0.1, 0.15) is 6.04 Å². The van der Waals surface area contributed by atoms with E-state index in [0.29, 0.717) is 12.5 Å². The largest absolute Gasteiger partial charge is 0.481 e. The predicted octanol–water partition coefficient (Wildman–Crippen LogP) is 1.58. The molecule has 0 heterocycles. The van der Waals surface area contributed by atoms with Crippen LogP contribution in [0.5, 0.6) is 0 Å². The maximum absolute atomic E-state index is 10.8. The molecule has 0 aromatic heterocycles. The monoisotopic (exact) mass is 245 g/mol. The van der Waals surface area contributed by atoms with Crippen LogP contribution >= 0.6 is 0 Å². The molecule has 5 nitrogen and oxygen atoms in total. The number of carboxylic acid groups (broad SMARTS) is 2. The Morgan fingerprint density at radius 2 is 1.76 bits per heavy atom. The molecule has 5 heteroatoms. The molecule has 0 radical (unpaired) electrons. The molecule has 17 heavy (non-hydrogen) atoms. The van der Waals surface area contributed by atoms with E-state index >= 15 is 0 Å². The lowest BCUT2D eigenvalue weighted by Crippen LogP contribution is -2.43. The van der Waals surface area contributed by atoms with Crippen molar-refractivity contribution in [2.24, 2.45) is 11.3 Å². The Labute approximate surface area is 102 Å². The summed E-state index contributed by atoms with van der Waals surface area (Å²) in [6.45, 7) is 8.79. The molecule has 1 atom stereocenters. The smallest absolute Gasteiger partial charge is 0.321 e. The topological polar surface area (TPSA) is 86.6 Å². The summed E-state index contributed by atoms with van der Waals surface area (Å²) < 4.78 is 0. The van der Waals surface area contributed by atoms with Crippen molar-refractivity contribution in [2.45, 2.75) is 46.6 Å². The van der Waals surface area contributed by atoms with E-state index in [1.165, 1.54) is 0 Å². The van der Waals surface area contributed by atoms with Crippen LogP contribution in [0.15, 0.2) is 0 Å². The van der Waals surface area contributed by atoms with Crippen LogP contribution < -0.4 is 5.32 Å². The standard InChI is InChI=1S/C12H23NO4/c1-8(2)6-12(3,4)7-13-9(11(16)17)5-10(14)15/h8-9,13H,5-7H2,1-4H3,(H,14,15)(H,16,17). The molecule has 1 unspecified atom stereocenters. The molecule has 3 N–H and O–H groups in total. The second kappa shape index (κ2) is 6.59. The lowest BCUT2D eigenvalue weighted by molar-refractivity contribution is -0.146. The van der Waals surface area contributed by atoms with E-state index in [2.05, 4.69) is 19.2 Å². The van der Waals surface area contributed by atoms with Crippen LogP contribution in [0.2, 0.25) is 0 Å². The number of carboxylic acids is 2. The molecule has 0 aromatic rings. The molecule has 0 bridgehead atoms. The Hall–Kier alpha value is -1.10. The first kappa shape index (κ1) is 15.9. The number of rotatable bonds is 8. The minimum absolute atomic E-state index is 0.0413. The van der Waals surface area contributed by atoms with Gasteiger partial charge in [-0.3, -0.25) is 9.59 Å². The minimum atomic E-state index is -1.12. The van der Waals surface area contributed by atoms with Gasteiger partial charge in [-0.2, -0.15) is 0 Å². The molecular formula is C12H23NO4. The highest BCUT2D eigenvalue weighted by Gasteiger charge is 2.25. The zero-order chi connectivity index (χ0) is 13.6. The third-order valence-electron chi connectivity index (χ3n) is 2.46. The minimum Gasteiger partial charge on any atom is -0.481 e. The molecule has 0 saturated heterocycles. The summed E-state index contributed by atoms with van der Waals surface area (Å²) in [5, 5.41) is 20.3. The van der Waals surface area contributed by atoms with Gasteiger partial charge in [-0.05, 0) is 17.8 Å². The van der Waals surface area contributed by atoms with Crippen LogP contribution in [-0.4, -0.2) is 34.7 Å². The van der Waals surface area contributed by atoms with Gasteiger partial charge in [0, 0.05) is 6.54 Å². The van der Waals surface area contributed by atoms with E-state index < -0.39 is 24.4 Å². The first-order valence-corrected chi connectivity index (χ1v) is 5.82. The zero-order valence-corrected chi connectivity index (χ0v) is 11.0. The van der Waals surface area contributed by atoms with E-state index in [9.17, 15) is 9.59 Å². The van der Waals surface area contributed by atoms with Gasteiger partial charge in [-0.1, -0.05) is 27.7 Å². The SMILES string of the molecule is CC(C)CC(C)(C)CNC(CC(=O)O)C(=O)O. The number of carbonyl (C=O) groups is 2. The Morgan fingerprint density at radius 1 is 1.24 bits per heavy atom. The predicted molar refractivity (Wildman–Crippen MR) is 64.9 cm³/mol. The zero-order valence-electron chi connectivity index (χ0n) is 11.0. The second-order valence-electron chi connectivity index (χ2n) is 5.63. The van der Waals surface area contributed by atoms with Crippen LogP contribution in [0, 0.1) is 11.3 Å². The first-order chi connectivity index (χ1) is 7.64. The van der Waals surface area contributed by atoms with E-state index in [0.717, 1.165) is 6.42 Å². The number of aliphatic carboxylic acids is 2. The van der Waals surface area contributed by atoms with Crippen LogP contribution in [-0.2, 0) is 9.59 Å². The maximum atomic E-state index is 10.8. The molecule has 100 valence electrons. The Morgan fingerprint density at radius 3 is 2.12 bits per heavy atom. The molecule has 0 aliphatic carbocycles. The lowest BCUT2D eigenvalue weighted by atomic mass is 9.84. The normalized spacial score (nSPS) is 13.7. The summed E-state index contributed by atoms with van der Waals surface area (Å²) in [7, 11) is 0. The molecule has 0 aliphatic rings. The molecular weight excluding hydrogens is 222 g/mol. The van der Waals surface area contributed by atoms with Crippen molar-refractivity contribution < 1.29 is 19.8 Å². The number of nitrogens with one attached hydrogen (secondary N) is 1. The summed E-state index contributed by atoms with van der Waals surface area (Å²) >= 11 is 0. The summed E-state index contributed by atoms with van der Waals surface area (Å²) in [5.41, 5.74) is -0.0413. The van der Waals surface area contributed by atoms with Gasteiger partial charge in [0.25, 0.3) is 0 Å². The quantitative estimate of drug-likeness (QED) is 0.604. The van der Waals surface area contributed by atoms with Crippen LogP contribution in [0.1, 0.15) is 40.5 Å². The van der Waals surface area contributed by atoms with Gasteiger partial charge in [0.2, 0.25) is 0 Å². The molecule has 0 amide bonds. The molecule has 0 rings (SSSR count). The first-order valence-electron chi connectivity index (χ1n) is 5.82. The van der Waals surface area contributed by atoms with E-state index in [1.54, 1.807) is 0 Å². The maximum Gasteiger partial charge on any atom is 0.321 e. The third kappa shape index (κ3) is 7.74. The molecule has 0 spiro atoms. The highest BCUT2D eigenvalue weighted by atomic mass is 16.4. The van der Waals surface area contributed by atoms with Crippen molar-refractivity contribution in [3.05, 3.63) is 0 Å². The van der Waals surface area contributed by atoms with Gasteiger partial charge < -0.3 is 15.5 Å². The number of hydrogen-bond acceptors (Lipinski definition) is 3. The average Bonchev–Trinajstić information content (AvgIpc) is 2.08. The Bertz CT molecular complexity index is 274. The molecule has 0 saturated carbocycles. The summed E-state index contributed by atoms with van der Waals surface area (Å²) in [5.74, 6) is -1.70. The van der Waals surface area contributed by atoms with Crippen molar-refractivity contribution >= 4 is 11.9 Å². The molecule has 0 aliphatic heterocycles.